The van der Waals surface area contributed by atoms with Crippen molar-refractivity contribution in [1.29, 1.82) is 0 Å². The van der Waals surface area contributed by atoms with E-state index in [-0.39, 0.29) is 0 Å². The Bertz CT molecular complexity index is 663. The van der Waals surface area contributed by atoms with E-state index in [4.69, 9.17) is 0 Å². The molecule has 1 rings (SSSR count). The Morgan fingerprint density at radius 2 is 0.567 bits per heavy atom. The Morgan fingerprint density at radius 3 is 0.800 bits per heavy atom. The normalized spacial score (nSPS) is 27.6. The summed E-state index contributed by atoms with van der Waals surface area (Å²) in [5.41, 5.74) is -9.11. The van der Waals surface area contributed by atoms with E-state index < -0.39 is 59.2 Å². The predicted molar refractivity (Wildman–Crippen MR) is 49.5 cm³/mol. The van der Waals surface area contributed by atoms with Gasteiger partial charge in [0.05, 0.1) is 0 Å². The number of alkyl halides is 20. The van der Waals surface area contributed by atoms with Crippen LogP contribution in [0.5, 0.6) is 0 Å². The molecule has 20 heteroatoms. The van der Waals surface area contributed by atoms with Crippen molar-refractivity contribution in [2.24, 2.45) is 0 Å². The molecular weight excluding hydrogens is 500 g/mol. The van der Waals surface area contributed by atoms with Crippen molar-refractivity contribution in [3.8, 4) is 0 Å². The SMILES string of the molecule is FC(F)(F)C(F)(F)C(F)(F)C(F)(F)C1(F)C(F)(F)C(F)(F)C(F)(F)C(F)(F)C1(F)F. The molecule has 0 spiro atoms. The lowest BCUT2D eigenvalue weighted by atomic mass is 9.67. The largest absolute Gasteiger partial charge is 0.460 e. The molecule has 0 saturated heterocycles. The highest BCUT2D eigenvalue weighted by molar-refractivity contribution is 5.32. The van der Waals surface area contributed by atoms with E-state index in [0.29, 0.717) is 0 Å². The first-order chi connectivity index (χ1) is 12.5. The number of rotatable bonds is 3. The summed E-state index contributed by atoms with van der Waals surface area (Å²) in [6.45, 7) is 0. The molecule has 0 aromatic carbocycles. The average molecular weight is 500 g/mol. The summed E-state index contributed by atoms with van der Waals surface area (Å²) in [6.07, 6.45) is -8.02. The van der Waals surface area contributed by atoms with E-state index in [0.717, 1.165) is 0 Å². The maximum Gasteiger partial charge on any atom is 0.460 e. The van der Waals surface area contributed by atoms with Gasteiger partial charge in [0.15, 0.2) is 0 Å². The van der Waals surface area contributed by atoms with Crippen LogP contribution in [0.3, 0.4) is 0 Å². The number of hydrogen-bond donors (Lipinski definition) is 0. The van der Waals surface area contributed by atoms with Gasteiger partial charge in [-0.15, -0.1) is 0 Å². The van der Waals surface area contributed by atoms with Gasteiger partial charge in [0.1, 0.15) is 0 Å². The highest BCUT2D eigenvalue weighted by Crippen LogP contribution is 2.74. The van der Waals surface area contributed by atoms with Crippen LogP contribution in [0.15, 0.2) is 0 Å². The average Bonchev–Trinajstić information content (AvgIpc) is 2.50. The summed E-state index contributed by atoms with van der Waals surface area (Å²) in [5.74, 6) is -69.2. The molecule has 30 heavy (non-hydrogen) atoms. The first kappa shape index (κ1) is 26.6. The van der Waals surface area contributed by atoms with Gasteiger partial charge in [-0.2, -0.15) is 83.4 Å². The molecule has 1 saturated carbocycles. The predicted octanol–water partition coefficient (Wildman–Crippen LogP) is 6.35. The molecule has 0 unspecified atom stereocenters. The fourth-order valence-electron chi connectivity index (χ4n) is 2.21. The second kappa shape index (κ2) is 5.69. The molecule has 0 bridgehead atoms. The van der Waals surface area contributed by atoms with Crippen LogP contribution in [-0.2, 0) is 0 Å². The lowest BCUT2D eigenvalue weighted by molar-refractivity contribution is -0.525. The number of halogens is 20. The van der Waals surface area contributed by atoms with E-state index in [9.17, 15) is 87.8 Å². The third-order valence-electron chi connectivity index (χ3n) is 4.02. The van der Waals surface area contributed by atoms with Crippen LogP contribution in [0.4, 0.5) is 87.8 Å². The minimum atomic E-state index is -9.17. The van der Waals surface area contributed by atoms with Crippen LogP contribution in [0.2, 0.25) is 0 Å². The van der Waals surface area contributed by atoms with Crippen LogP contribution in [0, 0.1) is 0 Å². The standard InChI is InChI=1S/C10F20/c11-1(4(16,17)7(22,23)9(26,27)10(28,29)30)2(12,13)5(18,19)8(24,25)6(20,21)3(1,14)15. The highest BCUT2D eigenvalue weighted by Gasteiger charge is 3.08. The van der Waals surface area contributed by atoms with Crippen molar-refractivity contribution in [3.63, 3.8) is 0 Å². The molecule has 0 amide bonds. The second-order valence-electron chi connectivity index (χ2n) is 5.75. The first-order valence-corrected chi connectivity index (χ1v) is 6.28. The van der Waals surface area contributed by atoms with Crippen molar-refractivity contribution in [3.05, 3.63) is 0 Å². The van der Waals surface area contributed by atoms with Crippen molar-refractivity contribution < 1.29 is 87.8 Å². The fourth-order valence-corrected chi connectivity index (χ4v) is 2.21. The van der Waals surface area contributed by atoms with Crippen LogP contribution >= 0.6 is 0 Å². The zero-order valence-corrected chi connectivity index (χ0v) is 12.6. The molecule has 0 aliphatic heterocycles. The maximum atomic E-state index is 13.9. The Labute approximate surface area is 148 Å². The van der Waals surface area contributed by atoms with E-state index in [1.165, 1.54) is 0 Å². The molecule has 0 atom stereocenters. The molecule has 0 aromatic heterocycles. The molecule has 1 aliphatic rings. The van der Waals surface area contributed by atoms with Gasteiger partial charge in [0.25, 0.3) is 0 Å². The van der Waals surface area contributed by atoms with E-state index >= 15 is 0 Å². The van der Waals surface area contributed by atoms with Gasteiger partial charge < -0.3 is 0 Å². The molecule has 0 radical (unpaired) electrons. The summed E-state index contributed by atoms with van der Waals surface area (Å²) >= 11 is 0. The lowest BCUT2D eigenvalue weighted by Gasteiger charge is -2.55. The summed E-state index contributed by atoms with van der Waals surface area (Å²) < 4.78 is 259. The van der Waals surface area contributed by atoms with Gasteiger partial charge in [-0.25, -0.2) is 4.39 Å². The maximum absolute atomic E-state index is 13.9. The Morgan fingerprint density at radius 1 is 0.333 bits per heavy atom. The van der Waals surface area contributed by atoms with Gasteiger partial charge in [0.2, 0.25) is 0 Å². The summed E-state index contributed by atoms with van der Waals surface area (Å²) in [6, 6.07) is 0. The topological polar surface area (TPSA) is 0 Å². The zero-order valence-electron chi connectivity index (χ0n) is 12.6. The van der Waals surface area contributed by atoms with E-state index in [1.807, 2.05) is 0 Å². The Kier molecular flexibility index (Phi) is 5.05. The van der Waals surface area contributed by atoms with Gasteiger partial charge in [0, 0.05) is 0 Å². The van der Waals surface area contributed by atoms with Gasteiger partial charge >= 0.3 is 59.2 Å². The Hall–Kier alpha value is -1.40. The summed E-state index contributed by atoms with van der Waals surface area (Å²) in [7, 11) is 0. The monoisotopic (exact) mass is 500 g/mol. The smallest absolute Gasteiger partial charge is 0.223 e. The van der Waals surface area contributed by atoms with Crippen molar-refractivity contribution in [2.75, 3.05) is 0 Å². The Balaban J connectivity index is 4.13. The van der Waals surface area contributed by atoms with Gasteiger partial charge in [-0.3, -0.25) is 0 Å². The number of hydrogen-bond acceptors (Lipinski definition) is 0. The molecule has 0 heterocycles. The molecule has 1 aliphatic carbocycles. The lowest BCUT2D eigenvalue weighted by Crippen LogP contribution is -2.89. The zero-order chi connectivity index (χ0) is 25.0. The first-order valence-electron chi connectivity index (χ1n) is 6.28. The highest BCUT2D eigenvalue weighted by atomic mass is 19.4. The van der Waals surface area contributed by atoms with Crippen molar-refractivity contribution in [2.45, 2.75) is 59.2 Å². The van der Waals surface area contributed by atoms with Crippen LogP contribution < -0.4 is 0 Å². The summed E-state index contributed by atoms with van der Waals surface area (Å²) in [4.78, 5) is 0. The molecule has 0 nitrogen and oxygen atoms in total. The van der Waals surface area contributed by atoms with E-state index in [1.54, 1.807) is 0 Å². The van der Waals surface area contributed by atoms with Crippen LogP contribution in [-0.4, -0.2) is 59.2 Å². The van der Waals surface area contributed by atoms with Crippen molar-refractivity contribution in [1.82, 2.24) is 0 Å². The fraction of sp³-hybridized carbons (Fsp3) is 1.00. The minimum absolute atomic E-state index is 8.02. The molecule has 1 fully saturated rings. The minimum Gasteiger partial charge on any atom is -0.223 e. The second-order valence-corrected chi connectivity index (χ2v) is 5.75. The van der Waals surface area contributed by atoms with Crippen molar-refractivity contribution >= 4 is 0 Å². The third-order valence-corrected chi connectivity index (χ3v) is 4.02. The van der Waals surface area contributed by atoms with E-state index in [2.05, 4.69) is 0 Å². The molecule has 180 valence electrons. The van der Waals surface area contributed by atoms with Gasteiger partial charge in [-0.1, -0.05) is 0 Å². The van der Waals surface area contributed by atoms with Gasteiger partial charge in [-0.05, 0) is 0 Å². The quantitative estimate of drug-likeness (QED) is 0.397. The molecular formula is C10F20. The molecule has 0 N–H and O–H groups in total. The molecule has 0 aromatic rings. The summed E-state index contributed by atoms with van der Waals surface area (Å²) in [5, 5.41) is 0. The van der Waals surface area contributed by atoms with Crippen LogP contribution in [0.25, 0.3) is 0 Å². The van der Waals surface area contributed by atoms with Crippen LogP contribution in [0.1, 0.15) is 0 Å². The third kappa shape index (κ3) is 2.22.